The van der Waals surface area contributed by atoms with Gasteiger partial charge < -0.3 is 0 Å². The largest absolute Gasteiger partial charge is 0.135 e. The van der Waals surface area contributed by atoms with Crippen molar-refractivity contribution in [2.24, 2.45) is 0 Å². The van der Waals surface area contributed by atoms with Crippen LogP contribution in [0.15, 0.2) is 36.5 Å². The molecule has 0 saturated carbocycles. The number of aromatic nitrogens is 4. The highest BCUT2D eigenvalue weighted by Crippen LogP contribution is 2.03. The number of nitrogens with zero attached hydrogens (tertiary/aromatic N) is 4. The van der Waals surface area contributed by atoms with Crippen molar-refractivity contribution in [2.45, 2.75) is 0 Å². The molecule has 14 heavy (non-hydrogen) atoms. The Bertz CT molecular complexity index is 369. The van der Waals surface area contributed by atoms with Crippen LogP contribution in [-0.2, 0) is 0 Å². The van der Waals surface area contributed by atoms with Gasteiger partial charge in [0, 0.05) is 0 Å². The molecule has 68 valence electrons. The molecule has 0 unspecified atom stereocenters. The van der Waals surface area contributed by atoms with Gasteiger partial charge >= 0.3 is 0 Å². The molecule has 0 fully saturated rings. The maximum Gasteiger partial charge on any atom is 0.108 e. The Kier molecular flexibility index (Phi) is 2.56. The van der Waals surface area contributed by atoms with Crippen molar-refractivity contribution < 1.29 is 0 Å². The summed E-state index contributed by atoms with van der Waals surface area (Å²) in [4.78, 5) is 0. The monoisotopic (exact) mass is 184 g/mol. The average molecular weight is 184 g/mol. The fourth-order valence-corrected chi connectivity index (χ4v) is 1.03. The molecule has 0 aliphatic heterocycles. The van der Waals surface area contributed by atoms with E-state index in [0.717, 1.165) is 5.56 Å². The molecule has 1 aromatic carbocycles. The summed E-state index contributed by atoms with van der Waals surface area (Å²) in [7, 11) is 0. The summed E-state index contributed by atoms with van der Waals surface area (Å²) >= 11 is 0. The van der Waals surface area contributed by atoms with Crippen LogP contribution in [0.4, 0.5) is 0 Å². The van der Waals surface area contributed by atoms with Crippen molar-refractivity contribution in [1.82, 2.24) is 20.6 Å². The van der Waals surface area contributed by atoms with Gasteiger partial charge in [-0.3, -0.25) is 0 Å². The average Bonchev–Trinajstić information content (AvgIpc) is 2.29. The van der Waals surface area contributed by atoms with E-state index in [1.165, 1.54) is 0 Å². The van der Waals surface area contributed by atoms with Gasteiger partial charge in [0.15, 0.2) is 0 Å². The van der Waals surface area contributed by atoms with Crippen LogP contribution >= 0.6 is 0 Å². The SMILES string of the molecule is C(=C\c1cnnnn1)/c1ccccc1. The van der Waals surface area contributed by atoms with Gasteiger partial charge in [0.05, 0.1) is 6.20 Å². The van der Waals surface area contributed by atoms with E-state index >= 15 is 0 Å². The molecule has 1 heterocycles. The number of rotatable bonds is 2. The fourth-order valence-electron chi connectivity index (χ4n) is 1.03. The normalized spacial score (nSPS) is 10.6. The summed E-state index contributed by atoms with van der Waals surface area (Å²) in [5.74, 6) is 0. The molecule has 0 spiro atoms. The number of benzene rings is 1. The third kappa shape index (κ3) is 2.20. The topological polar surface area (TPSA) is 51.6 Å². The van der Waals surface area contributed by atoms with Crippen LogP contribution in [0.3, 0.4) is 0 Å². The smallest absolute Gasteiger partial charge is 0.108 e. The predicted molar refractivity (Wildman–Crippen MR) is 53.0 cm³/mol. The summed E-state index contributed by atoms with van der Waals surface area (Å²) in [6, 6.07) is 9.97. The summed E-state index contributed by atoms with van der Waals surface area (Å²) in [5, 5.41) is 14.2. The Morgan fingerprint density at radius 1 is 0.929 bits per heavy atom. The highest BCUT2D eigenvalue weighted by Gasteiger charge is 1.87. The van der Waals surface area contributed by atoms with Gasteiger partial charge in [-0.15, -0.1) is 10.2 Å². The summed E-state index contributed by atoms with van der Waals surface area (Å²) in [6.45, 7) is 0. The third-order valence-corrected chi connectivity index (χ3v) is 1.69. The second kappa shape index (κ2) is 4.23. The van der Waals surface area contributed by atoms with Crippen molar-refractivity contribution in [2.75, 3.05) is 0 Å². The van der Waals surface area contributed by atoms with Crippen molar-refractivity contribution in [3.05, 3.63) is 47.8 Å². The van der Waals surface area contributed by atoms with Gasteiger partial charge in [-0.05, 0) is 22.1 Å². The van der Waals surface area contributed by atoms with Gasteiger partial charge in [-0.25, -0.2) is 0 Å². The zero-order valence-electron chi connectivity index (χ0n) is 7.41. The lowest BCUT2D eigenvalue weighted by molar-refractivity contribution is 0.756. The van der Waals surface area contributed by atoms with Gasteiger partial charge in [0.2, 0.25) is 0 Å². The highest BCUT2D eigenvalue weighted by atomic mass is 15.4. The van der Waals surface area contributed by atoms with Crippen molar-refractivity contribution in [3.63, 3.8) is 0 Å². The molecule has 1 aromatic heterocycles. The van der Waals surface area contributed by atoms with Crippen LogP contribution in [0.2, 0.25) is 0 Å². The van der Waals surface area contributed by atoms with E-state index in [2.05, 4.69) is 20.6 Å². The molecule has 0 radical (unpaired) electrons. The maximum atomic E-state index is 3.78. The standard InChI is InChI=1S/C10H8N4/c1-2-4-9(5-3-1)6-7-10-8-11-13-14-12-10/h1-8H/b7-6+. The van der Waals surface area contributed by atoms with Gasteiger partial charge in [0.1, 0.15) is 5.69 Å². The lowest BCUT2D eigenvalue weighted by Crippen LogP contribution is -1.91. The minimum atomic E-state index is 0.698. The molecule has 4 heteroatoms. The Balaban J connectivity index is 2.16. The van der Waals surface area contributed by atoms with E-state index in [1.54, 1.807) is 6.20 Å². The zero-order valence-corrected chi connectivity index (χ0v) is 7.41. The van der Waals surface area contributed by atoms with E-state index in [1.807, 2.05) is 42.5 Å². The first kappa shape index (κ1) is 8.50. The lowest BCUT2D eigenvalue weighted by atomic mass is 10.2. The minimum Gasteiger partial charge on any atom is -0.135 e. The zero-order chi connectivity index (χ0) is 9.64. The molecule has 2 aromatic rings. The summed E-state index contributed by atoms with van der Waals surface area (Å²) < 4.78 is 0. The Morgan fingerprint density at radius 2 is 1.79 bits per heavy atom. The third-order valence-electron chi connectivity index (χ3n) is 1.69. The van der Waals surface area contributed by atoms with Crippen LogP contribution in [-0.4, -0.2) is 20.6 Å². The fraction of sp³-hybridized carbons (Fsp3) is 0. The molecule has 0 aliphatic rings. The highest BCUT2D eigenvalue weighted by molar-refractivity contribution is 5.67. The predicted octanol–water partition coefficient (Wildman–Crippen LogP) is 1.44. The van der Waals surface area contributed by atoms with E-state index in [0.29, 0.717) is 5.69 Å². The van der Waals surface area contributed by atoms with E-state index in [-0.39, 0.29) is 0 Å². The first-order valence-corrected chi connectivity index (χ1v) is 4.19. The number of hydrogen-bond acceptors (Lipinski definition) is 4. The second-order valence-electron chi connectivity index (χ2n) is 2.69. The molecule has 0 saturated heterocycles. The molecule has 2 rings (SSSR count). The van der Waals surface area contributed by atoms with Crippen LogP contribution in [0.5, 0.6) is 0 Å². The molecule has 4 nitrogen and oxygen atoms in total. The molecule has 0 N–H and O–H groups in total. The molecule has 0 bridgehead atoms. The van der Waals surface area contributed by atoms with E-state index < -0.39 is 0 Å². The van der Waals surface area contributed by atoms with Gasteiger partial charge in [0.25, 0.3) is 0 Å². The van der Waals surface area contributed by atoms with E-state index in [4.69, 9.17) is 0 Å². The molecule has 0 aliphatic carbocycles. The Morgan fingerprint density at radius 3 is 2.50 bits per heavy atom. The van der Waals surface area contributed by atoms with Gasteiger partial charge in [-0.1, -0.05) is 36.4 Å². The van der Waals surface area contributed by atoms with Crippen LogP contribution < -0.4 is 0 Å². The second-order valence-corrected chi connectivity index (χ2v) is 2.69. The molecule has 0 amide bonds. The quantitative estimate of drug-likeness (QED) is 0.708. The van der Waals surface area contributed by atoms with E-state index in [9.17, 15) is 0 Å². The van der Waals surface area contributed by atoms with Crippen LogP contribution in [0.1, 0.15) is 11.3 Å². The maximum absolute atomic E-state index is 3.78. The van der Waals surface area contributed by atoms with Crippen molar-refractivity contribution in [1.29, 1.82) is 0 Å². The number of hydrogen-bond donors (Lipinski definition) is 0. The van der Waals surface area contributed by atoms with Crippen LogP contribution in [0.25, 0.3) is 12.2 Å². The Labute approximate surface area is 81.3 Å². The minimum absolute atomic E-state index is 0.698. The first-order valence-electron chi connectivity index (χ1n) is 4.19. The van der Waals surface area contributed by atoms with Crippen LogP contribution in [0, 0.1) is 0 Å². The Hall–Kier alpha value is -2.10. The molecular formula is C10H8N4. The van der Waals surface area contributed by atoms with Crippen molar-refractivity contribution in [3.8, 4) is 0 Å². The lowest BCUT2D eigenvalue weighted by Gasteiger charge is -1.90. The van der Waals surface area contributed by atoms with Gasteiger partial charge in [-0.2, -0.15) is 0 Å². The summed E-state index contributed by atoms with van der Waals surface area (Å²) in [5.41, 5.74) is 1.81. The first-order chi connectivity index (χ1) is 6.95. The summed E-state index contributed by atoms with van der Waals surface area (Å²) in [6.07, 6.45) is 5.36. The molecule has 0 atom stereocenters. The molecular weight excluding hydrogens is 176 g/mol. The van der Waals surface area contributed by atoms with Crippen molar-refractivity contribution >= 4 is 12.2 Å².